The summed E-state index contributed by atoms with van der Waals surface area (Å²) in [6.07, 6.45) is 1.45. The van der Waals surface area contributed by atoms with E-state index < -0.39 is 5.97 Å². The minimum Gasteiger partial charge on any atom is -0.466 e. The van der Waals surface area contributed by atoms with Crippen molar-refractivity contribution in [3.63, 3.8) is 0 Å². The fourth-order valence-electron chi connectivity index (χ4n) is 1.17. The summed E-state index contributed by atoms with van der Waals surface area (Å²) >= 11 is 0. The number of amides is 1. The lowest BCUT2D eigenvalue weighted by molar-refractivity contribution is -0.136. The Labute approximate surface area is 76.3 Å². The molecular formula is C9H11NO3. The van der Waals surface area contributed by atoms with Crippen LogP contribution in [0.25, 0.3) is 0 Å². The summed E-state index contributed by atoms with van der Waals surface area (Å²) in [6.45, 7) is 3.38. The van der Waals surface area contributed by atoms with Crippen LogP contribution in [0, 0.1) is 0 Å². The highest BCUT2D eigenvalue weighted by atomic mass is 16.5. The predicted molar refractivity (Wildman–Crippen MR) is 46.6 cm³/mol. The lowest BCUT2D eigenvalue weighted by atomic mass is 10.1. The standard InChI is InChI=1S/C9H11NO3/c1-5-4-7(11)10-8(5)6(2)9(12)13-3/h4H,1-3H3,(H,10,11)/b8-6+. The zero-order chi connectivity index (χ0) is 10.0. The number of carbonyl (C=O) groups excluding carboxylic acids is 2. The molecule has 4 heteroatoms. The summed E-state index contributed by atoms with van der Waals surface area (Å²) in [4.78, 5) is 22.0. The number of methoxy groups -OCH3 is 1. The van der Waals surface area contributed by atoms with Crippen molar-refractivity contribution in [1.82, 2.24) is 5.32 Å². The zero-order valence-electron chi connectivity index (χ0n) is 7.80. The van der Waals surface area contributed by atoms with E-state index in [4.69, 9.17) is 0 Å². The minimum absolute atomic E-state index is 0.198. The maximum Gasteiger partial charge on any atom is 0.335 e. The van der Waals surface area contributed by atoms with Crippen molar-refractivity contribution in [2.24, 2.45) is 0 Å². The van der Waals surface area contributed by atoms with E-state index in [1.807, 2.05) is 0 Å². The second-order valence-corrected chi connectivity index (χ2v) is 2.81. The molecule has 0 atom stereocenters. The molecule has 1 heterocycles. The van der Waals surface area contributed by atoms with E-state index in [2.05, 4.69) is 10.1 Å². The van der Waals surface area contributed by atoms with Gasteiger partial charge in [-0.1, -0.05) is 0 Å². The zero-order valence-corrected chi connectivity index (χ0v) is 7.80. The van der Waals surface area contributed by atoms with Crippen LogP contribution in [0.15, 0.2) is 22.9 Å². The van der Waals surface area contributed by atoms with Gasteiger partial charge in [-0.2, -0.15) is 0 Å². The second kappa shape index (κ2) is 3.43. The third kappa shape index (κ3) is 1.77. The van der Waals surface area contributed by atoms with Gasteiger partial charge >= 0.3 is 5.97 Å². The highest BCUT2D eigenvalue weighted by Crippen LogP contribution is 2.17. The molecular weight excluding hydrogens is 170 g/mol. The first-order valence-corrected chi connectivity index (χ1v) is 3.85. The molecule has 70 valence electrons. The molecule has 0 aliphatic carbocycles. The molecule has 1 N–H and O–H groups in total. The molecule has 13 heavy (non-hydrogen) atoms. The number of hydrogen-bond acceptors (Lipinski definition) is 3. The normalized spacial score (nSPS) is 19.3. The first-order chi connectivity index (χ1) is 6.06. The molecule has 0 saturated carbocycles. The Bertz CT molecular complexity index is 326. The first kappa shape index (κ1) is 9.51. The van der Waals surface area contributed by atoms with Crippen molar-refractivity contribution in [2.75, 3.05) is 7.11 Å². The fourth-order valence-corrected chi connectivity index (χ4v) is 1.17. The summed E-state index contributed by atoms with van der Waals surface area (Å²) in [5.74, 6) is -0.624. The molecule has 1 aliphatic heterocycles. The Kier molecular flexibility index (Phi) is 2.51. The van der Waals surface area contributed by atoms with E-state index in [0.717, 1.165) is 5.57 Å². The number of rotatable bonds is 1. The Morgan fingerprint density at radius 1 is 1.54 bits per heavy atom. The molecule has 0 aromatic rings. The van der Waals surface area contributed by atoms with E-state index in [9.17, 15) is 9.59 Å². The smallest absolute Gasteiger partial charge is 0.335 e. The van der Waals surface area contributed by atoms with Gasteiger partial charge in [0.2, 0.25) is 5.91 Å². The number of allylic oxidation sites excluding steroid dienone is 1. The molecule has 0 radical (unpaired) electrons. The number of hydrogen-bond donors (Lipinski definition) is 1. The second-order valence-electron chi connectivity index (χ2n) is 2.81. The lowest BCUT2D eigenvalue weighted by Crippen LogP contribution is -2.18. The van der Waals surface area contributed by atoms with Gasteiger partial charge < -0.3 is 10.1 Å². The summed E-state index contributed by atoms with van der Waals surface area (Å²) in [5, 5.41) is 2.57. The summed E-state index contributed by atoms with van der Waals surface area (Å²) in [5.41, 5.74) is 1.73. The lowest BCUT2D eigenvalue weighted by Gasteiger charge is -2.05. The molecule has 1 aliphatic rings. The van der Waals surface area contributed by atoms with Crippen molar-refractivity contribution in [3.05, 3.63) is 22.9 Å². The number of esters is 1. The third-order valence-corrected chi connectivity index (χ3v) is 1.86. The monoisotopic (exact) mass is 181 g/mol. The van der Waals surface area contributed by atoms with E-state index in [1.165, 1.54) is 13.2 Å². The number of nitrogens with one attached hydrogen (secondary N) is 1. The van der Waals surface area contributed by atoms with Crippen LogP contribution in [0.4, 0.5) is 0 Å². The predicted octanol–water partition coefficient (Wildman–Crippen LogP) is 0.509. The third-order valence-electron chi connectivity index (χ3n) is 1.86. The SMILES string of the molecule is COC(=O)/C(C)=C1/NC(=O)C=C1C. The van der Waals surface area contributed by atoms with Gasteiger partial charge in [0.15, 0.2) is 0 Å². The van der Waals surface area contributed by atoms with Gasteiger partial charge in [-0.05, 0) is 19.4 Å². The van der Waals surface area contributed by atoms with Crippen molar-refractivity contribution < 1.29 is 14.3 Å². The van der Waals surface area contributed by atoms with E-state index >= 15 is 0 Å². The van der Waals surface area contributed by atoms with Crippen LogP contribution in [-0.4, -0.2) is 19.0 Å². The Balaban J connectivity index is 3.01. The first-order valence-electron chi connectivity index (χ1n) is 3.85. The molecule has 0 aromatic carbocycles. The van der Waals surface area contributed by atoms with Gasteiger partial charge in [-0.3, -0.25) is 4.79 Å². The van der Waals surface area contributed by atoms with Crippen LogP contribution in [0.1, 0.15) is 13.8 Å². The van der Waals surface area contributed by atoms with E-state index in [0.29, 0.717) is 11.3 Å². The fraction of sp³-hybridized carbons (Fsp3) is 0.333. The van der Waals surface area contributed by atoms with Crippen molar-refractivity contribution in [1.29, 1.82) is 0 Å². The Morgan fingerprint density at radius 3 is 2.54 bits per heavy atom. The summed E-state index contributed by atoms with van der Waals surface area (Å²) in [6, 6.07) is 0. The molecule has 0 fully saturated rings. The molecule has 0 bridgehead atoms. The highest BCUT2D eigenvalue weighted by molar-refractivity contribution is 5.98. The molecule has 1 amide bonds. The topological polar surface area (TPSA) is 55.4 Å². The maximum atomic E-state index is 11.1. The van der Waals surface area contributed by atoms with Gasteiger partial charge in [0.05, 0.1) is 18.4 Å². The van der Waals surface area contributed by atoms with Crippen molar-refractivity contribution in [2.45, 2.75) is 13.8 Å². The molecule has 1 rings (SSSR count). The summed E-state index contributed by atoms with van der Waals surface area (Å²) < 4.78 is 4.53. The van der Waals surface area contributed by atoms with Crippen LogP contribution in [0.5, 0.6) is 0 Å². The number of carbonyl (C=O) groups is 2. The largest absolute Gasteiger partial charge is 0.466 e. The molecule has 0 unspecified atom stereocenters. The Hall–Kier alpha value is -1.58. The van der Waals surface area contributed by atoms with Gasteiger partial charge in [-0.25, -0.2) is 4.79 Å². The van der Waals surface area contributed by atoms with Crippen molar-refractivity contribution >= 4 is 11.9 Å². The Morgan fingerprint density at radius 2 is 2.15 bits per heavy atom. The van der Waals surface area contributed by atoms with Crippen molar-refractivity contribution in [3.8, 4) is 0 Å². The van der Waals surface area contributed by atoms with Crippen LogP contribution in [0.3, 0.4) is 0 Å². The average Bonchev–Trinajstić information content (AvgIpc) is 2.42. The van der Waals surface area contributed by atoms with Gasteiger partial charge in [0.1, 0.15) is 0 Å². The van der Waals surface area contributed by atoms with Crippen LogP contribution >= 0.6 is 0 Å². The average molecular weight is 181 g/mol. The van der Waals surface area contributed by atoms with E-state index in [-0.39, 0.29) is 5.91 Å². The molecule has 4 nitrogen and oxygen atoms in total. The van der Waals surface area contributed by atoms with Crippen LogP contribution < -0.4 is 5.32 Å². The van der Waals surface area contributed by atoms with Gasteiger partial charge in [0, 0.05) is 6.08 Å². The maximum absolute atomic E-state index is 11.1. The molecule has 0 saturated heterocycles. The van der Waals surface area contributed by atoms with Crippen LogP contribution in [0.2, 0.25) is 0 Å². The minimum atomic E-state index is -0.426. The molecule has 0 aromatic heterocycles. The summed E-state index contributed by atoms with van der Waals surface area (Å²) in [7, 11) is 1.31. The van der Waals surface area contributed by atoms with E-state index in [1.54, 1.807) is 13.8 Å². The van der Waals surface area contributed by atoms with Crippen LogP contribution in [-0.2, 0) is 14.3 Å². The van der Waals surface area contributed by atoms with Gasteiger partial charge in [-0.15, -0.1) is 0 Å². The van der Waals surface area contributed by atoms with Gasteiger partial charge in [0.25, 0.3) is 0 Å². The highest BCUT2D eigenvalue weighted by Gasteiger charge is 2.19. The molecule has 0 spiro atoms. The number of ether oxygens (including phenoxy) is 1. The quantitative estimate of drug-likeness (QED) is 0.473.